The van der Waals surface area contributed by atoms with Gasteiger partial charge in [-0.25, -0.2) is 4.79 Å². The number of aliphatic hydroxyl groups excluding tert-OH is 2. The van der Waals surface area contributed by atoms with Gasteiger partial charge in [-0.3, -0.25) is 4.79 Å². The Morgan fingerprint density at radius 1 is 0.956 bits per heavy atom. The number of fused-ring (bicyclic) bond motifs is 2. The number of carboxylic acid groups (broad SMARTS) is 1. The first-order valence-corrected chi connectivity index (χ1v) is 16.3. The molecule has 6 atom stereocenters. The van der Waals surface area contributed by atoms with Gasteiger partial charge in [-0.15, -0.1) is 0 Å². The zero-order valence-corrected chi connectivity index (χ0v) is 26.7. The van der Waals surface area contributed by atoms with E-state index < -0.39 is 75.5 Å². The van der Waals surface area contributed by atoms with Crippen molar-refractivity contribution in [2.45, 2.75) is 64.1 Å². The summed E-state index contributed by atoms with van der Waals surface area (Å²) in [6, 6.07) is 24.4. The van der Waals surface area contributed by atoms with Crippen LogP contribution < -0.4 is 24.6 Å². The Morgan fingerprint density at radius 3 is 2.13 bits per heavy atom. The molecule has 1 fully saturated rings. The summed E-state index contributed by atoms with van der Waals surface area (Å²) < 4.78 is 31.2. The van der Waals surface area contributed by atoms with Crippen LogP contribution >= 0.6 is 0 Å². The zero-order valence-electron chi connectivity index (χ0n) is 25.7. The Labute approximate surface area is 264 Å². The number of carboxylic acids is 1. The Hall–Kier alpha value is -3.90. The molecular weight excluding hydrogens is 596 g/mol. The lowest BCUT2D eigenvalue weighted by molar-refractivity contribution is -0.196. The first-order chi connectivity index (χ1) is 21.4. The molecule has 2 unspecified atom stereocenters. The number of benzene rings is 3. The zero-order chi connectivity index (χ0) is 32.4. The molecule has 3 aromatic rings. The normalized spacial score (nSPS) is 23.6. The molecule has 10 nitrogen and oxygen atoms in total. The highest BCUT2D eigenvalue weighted by molar-refractivity contribution is 6.80. The van der Waals surface area contributed by atoms with Crippen LogP contribution in [0.4, 0.5) is 0 Å². The van der Waals surface area contributed by atoms with Gasteiger partial charge in [0.05, 0.1) is 0 Å². The highest BCUT2D eigenvalue weighted by Gasteiger charge is 2.68. The van der Waals surface area contributed by atoms with Crippen LogP contribution in [0.3, 0.4) is 0 Å². The van der Waals surface area contributed by atoms with Gasteiger partial charge in [0, 0.05) is 12.8 Å². The van der Waals surface area contributed by atoms with Gasteiger partial charge >= 0.3 is 11.9 Å². The van der Waals surface area contributed by atoms with Crippen LogP contribution in [0.2, 0.25) is 0 Å². The third kappa shape index (κ3) is 6.71. The van der Waals surface area contributed by atoms with Crippen LogP contribution in [-0.4, -0.2) is 79.5 Å². The van der Waals surface area contributed by atoms with Gasteiger partial charge in [0.15, 0.2) is 24.2 Å². The lowest BCUT2D eigenvalue weighted by Gasteiger charge is -2.50. The van der Waals surface area contributed by atoms with Crippen LogP contribution in [0.15, 0.2) is 78.9 Å². The smallest absolute Gasteiger partial charge is 0.341 e. The molecule has 11 heteroatoms. The van der Waals surface area contributed by atoms with E-state index in [0.29, 0.717) is 6.42 Å². The Balaban J connectivity index is 1.67. The predicted octanol–water partition coefficient (Wildman–Crippen LogP) is 2.57. The second-order valence-corrected chi connectivity index (χ2v) is 14.5. The van der Waals surface area contributed by atoms with Crippen molar-refractivity contribution in [3.63, 3.8) is 0 Å². The molecule has 0 aromatic heterocycles. The number of ether oxygens (including phenoxy) is 4. The summed E-state index contributed by atoms with van der Waals surface area (Å²) in [6.45, 7) is 6.32. The summed E-state index contributed by atoms with van der Waals surface area (Å²) in [6.07, 6.45) is -4.29. The largest absolute Gasteiger partial charge is 0.479 e. The molecule has 1 aliphatic carbocycles. The standard InChI is InChI=1S/C34H39O10Si/c1-21(35)40-19-24(36)31(39)34(44-45(22-12-7-5-8-13-22)23-14-9-6-10-15-23)28(33(2,3)4)18-27-32(34)43-26-17-11-16-25(30(26)42-27)41-20-29(37)38/h5-17,24,27-28,31-32,36,39H,18-20H2,1-4H3,(H,37,38)/t24?,27-,28+,31+,32+,34?/m0/s1. The summed E-state index contributed by atoms with van der Waals surface area (Å²) in [4.78, 5) is 22.9. The van der Waals surface area contributed by atoms with Crippen LogP contribution in [0.5, 0.6) is 17.2 Å². The molecular formula is C34H39O10Si. The van der Waals surface area contributed by atoms with Gasteiger partial charge in [-0.2, -0.15) is 0 Å². The van der Waals surface area contributed by atoms with E-state index in [-0.39, 0.29) is 17.2 Å². The quantitative estimate of drug-likeness (QED) is 0.213. The van der Waals surface area contributed by atoms with E-state index in [0.717, 1.165) is 10.4 Å². The number of rotatable bonds is 11. The maximum absolute atomic E-state index is 12.3. The van der Waals surface area contributed by atoms with Crippen molar-refractivity contribution in [1.82, 2.24) is 0 Å². The van der Waals surface area contributed by atoms with Gasteiger partial charge in [0.25, 0.3) is 9.04 Å². The molecule has 1 saturated carbocycles. The lowest BCUT2D eigenvalue weighted by atomic mass is 9.69. The average Bonchev–Trinajstić information content (AvgIpc) is 3.35. The monoisotopic (exact) mass is 635 g/mol. The third-order valence-corrected chi connectivity index (χ3v) is 10.6. The minimum absolute atomic E-state index is 0.216. The molecule has 1 radical (unpaired) electrons. The second-order valence-electron chi connectivity index (χ2n) is 12.4. The molecule has 5 rings (SSSR count). The van der Waals surface area contributed by atoms with Gasteiger partial charge in [-0.1, -0.05) is 87.5 Å². The molecule has 3 N–H and O–H groups in total. The number of aliphatic hydroxyl groups is 2. The Bertz CT molecular complexity index is 1440. The van der Waals surface area contributed by atoms with Gasteiger partial charge in [0.2, 0.25) is 5.75 Å². The molecule has 0 spiro atoms. The van der Waals surface area contributed by atoms with Crippen LogP contribution in [0, 0.1) is 11.3 Å². The lowest BCUT2D eigenvalue weighted by Crippen LogP contribution is -2.69. The number of esters is 1. The van der Waals surface area contributed by atoms with E-state index in [2.05, 4.69) is 0 Å². The van der Waals surface area contributed by atoms with Crippen LogP contribution in [0.1, 0.15) is 34.1 Å². The van der Waals surface area contributed by atoms with E-state index in [1.165, 1.54) is 6.92 Å². The molecule has 1 aliphatic heterocycles. The Morgan fingerprint density at radius 2 is 1.58 bits per heavy atom. The molecule has 239 valence electrons. The summed E-state index contributed by atoms with van der Waals surface area (Å²) >= 11 is 0. The maximum atomic E-state index is 12.3. The number of carbonyl (C=O) groups excluding carboxylic acids is 1. The van der Waals surface area contributed by atoms with E-state index in [9.17, 15) is 24.9 Å². The fourth-order valence-electron chi connectivity index (χ4n) is 6.38. The van der Waals surface area contributed by atoms with Gasteiger partial charge in [-0.05, 0) is 34.3 Å². The predicted molar refractivity (Wildman–Crippen MR) is 166 cm³/mol. The topological polar surface area (TPSA) is 141 Å². The Kier molecular flexibility index (Phi) is 9.54. The summed E-state index contributed by atoms with van der Waals surface area (Å²) in [5, 5.41) is 34.7. The van der Waals surface area contributed by atoms with Crippen molar-refractivity contribution in [1.29, 1.82) is 0 Å². The molecule has 3 aromatic carbocycles. The fraction of sp³-hybridized carbons (Fsp3) is 0.412. The van der Waals surface area contributed by atoms with Crippen molar-refractivity contribution >= 4 is 31.4 Å². The summed E-state index contributed by atoms with van der Waals surface area (Å²) in [5.41, 5.74) is -2.06. The first kappa shape index (κ1) is 32.5. The van der Waals surface area contributed by atoms with Crippen LogP contribution in [-0.2, 0) is 18.8 Å². The van der Waals surface area contributed by atoms with Crippen molar-refractivity contribution in [3.05, 3.63) is 78.9 Å². The maximum Gasteiger partial charge on any atom is 0.341 e. The van der Waals surface area contributed by atoms with Crippen LogP contribution in [0.25, 0.3) is 0 Å². The minimum Gasteiger partial charge on any atom is -0.479 e. The van der Waals surface area contributed by atoms with E-state index in [1.807, 2.05) is 81.4 Å². The first-order valence-electron chi connectivity index (χ1n) is 14.9. The SMILES string of the molecule is CC(=O)OCC(O)[C@@H](O)C1(O[Si](c2ccccc2)c2ccccc2)[C@@H]2Oc3cccc(OCC(=O)O)c3O[C@H]2C[C@@H]1C(C)(C)C. The highest BCUT2D eigenvalue weighted by atomic mass is 28.3. The number of aliphatic carboxylic acids is 1. The minimum atomic E-state index is -2.10. The molecule has 1 heterocycles. The number of hydrogen-bond donors (Lipinski definition) is 3. The summed E-state index contributed by atoms with van der Waals surface area (Å²) in [7, 11) is -2.10. The number of para-hydroxylation sites is 1. The second kappa shape index (κ2) is 13.2. The van der Waals surface area contributed by atoms with Crippen molar-refractivity contribution in [3.8, 4) is 17.2 Å². The summed E-state index contributed by atoms with van der Waals surface area (Å²) in [5.74, 6) is -1.40. The fourth-order valence-corrected chi connectivity index (χ4v) is 8.67. The number of carbonyl (C=O) groups is 2. The van der Waals surface area contributed by atoms with Crippen molar-refractivity contribution in [2.24, 2.45) is 11.3 Å². The van der Waals surface area contributed by atoms with E-state index >= 15 is 0 Å². The van der Waals surface area contributed by atoms with Crippen molar-refractivity contribution in [2.75, 3.05) is 13.2 Å². The van der Waals surface area contributed by atoms with E-state index in [4.69, 9.17) is 23.4 Å². The molecule has 0 bridgehead atoms. The molecule has 2 aliphatic rings. The van der Waals surface area contributed by atoms with E-state index in [1.54, 1.807) is 18.2 Å². The van der Waals surface area contributed by atoms with Gasteiger partial charge in [0.1, 0.15) is 30.5 Å². The average molecular weight is 636 g/mol. The molecule has 45 heavy (non-hydrogen) atoms. The number of hydrogen-bond acceptors (Lipinski definition) is 9. The highest BCUT2D eigenvalue weighted by Crippen LogP contribution is 2.56. The third-order valence-electron chi connectivity index (χ3n) is 8.29. The van der Waals surface area contributed by atoms with Crippen molar-refractivity contribution < 1.29 is 48.3 Å². The molecule has 0 saturated heterocycles. The van der Waals surface area contributed by atoms with Gasteiger partial charge < -0.3 is 38.7 Å². The molecule has 0 amide bonds.